The minimum atomic E-state index is -3.53. The summed E-state index contributed by atoms with van der Waals surface area (Å²) in [5.74, 6) is 0.861. The molecule has 0 radical (unpaired) electrons. The largest absolute Gasteiger partial charge is 0.486 e. The van der Waals surface area contributed by atoms with Crippen LogP contribution in [0, 0.1) is 5.92 Å². The highest BCUT2D eigenvalue weighted by atomic mass is 32.2. The molecule has 4 rings (SSSR count). The minimum Gasteiger partial charge on any atom is -0.486 e. The van der Waals surface area contributed by atoms with E-state index >= 15 is 0 Å². The Bertz CT molecular complexity index is 930. The first-order valence-electron chi connectivity index (χ1n) is 9.24. The number of carbonyl (C=O) groups is 1. The number of sulfonamides is 1. The SMILES string of the molecule is O=C(NC[C@H]1COc2ccccc2O1)[C@H]1CCCN(S(=O)(=O)c2cccs2)C1. The van der Waals surface area contributed by atoms with Crippen LogP contribution in [0.1, 0.15) is 12.8 Å². The lowest BCUT2D eigenvalue weighted by molar-refractivity contribution is -0.126. The zero-order chi connectivity index (χ0) is 19.6. The normalized spacial score (nSPS) is 22.6. The minimum absolute atomic E-state index is 0.145. The summed E-state index contributed by atoms with van der Waals surface area (Å²) in [6, 6.07) is 10.7. The fourth-order valence-corrected chi connectivity index (χ4v) is 6.10. The van der Waals surface area contributed by atoms with Crippen LogP contribution in [0.2, 0.25) is 0 Å². The second kappa shape index (κ2) is 8.10. The summed E-state index contributed by atoms with van der Waals surface area (Å²) in [7, 11) is -3.53. The number of rotatable bonds is 5. The lowest BCUT2D eigenvalue weighted by atomic mass is 9.99. The molecule has 0 saturated carbocycles. The average Bonchev–Trinajstić information content (AvgIpc) is 3.28. The first kappa shape index (κ1) is 19.2. The van der Waals surface area contributed by atoms with E-state index in [9.17, 15) is 13.2 Å². The van der Waals surface area contributed by atoms with Crippen molar-refractivity contribution in [3.63, 3.8) is 0 Å². The van der Waals surface area contributed by atoms with E-state index in [4.69, 9.17) is 9.47 Å². The Morgan fingerprint density at radius 3 is 2.82 bits per heavy atom. The van der Waals surface area contributed by atoms with Crippen molar-refractivity contribution in [1.82, 2.24) is 9.62 Å². The van der Waals surface area contributed by atoms with Crippen molar-refractivity contribution in [3.05, 3.63) is 41.8 Å². The maximum absolute atomic E-state index is 12.7. The van der Waals surface area contributed by atoms with E-state index < -0.39 is 10.0 Å². The molecular formula is C19H22N2O5S2. The lowest BCUT2D eigenvalue weighted by Gasteiger charge is -2.31. The van der Waals surface area contributed by atoms with Gasteiger partial charge in [-0.05, 0) is 36.4 Å². The molecule has 1 N–H and O–H groups in total. The van der Waals surface area contributed by atoms with Crippen LogP contribution in [-0.4, -0.2) is 51.0 Å². The molecule has 1 fully saturated rings. The monoisotopic (exact) mass is 422 g/mol. The van der Waals surface area contributed by atoms with Gasteiger partial charge in [-0.25, -0.2) is 8.42 Å². The number of thiophene rings is 1. The van der Waals surface area contributed by atoms with Gasteiger partial charge in [-0.3, -0.25) is 4.79 Å². The molecule has 0 aliphatic carbocycles. The standard InChI is InChI=1S/C19H22N2O5S2/c22-19(20-11-15-13-25-16-6-1-2-7-17(16)26-15)14-5-3-9-21(12-14)28(23,24)18-8-4-10-27-18/h1-2,4,6-8,10,14-15H,3,5,9,11-13H2,(H,20,22)/t14-,15-/m0/s1. The molecule has 150 valence electrons. The Labute approximate surface area is 168 Å². The van der Waals surface area contributed by atoms with Gasteiger partial charge in [0.1, 0.15) is 16.9 Å². The fourth-order valence-electron chi connectivity index (χ4n) is 3.43. The van der Waals surface area contributed by atoms with Gasteiger partial charge in [0.15, 0.2) is 11.5 Å². The molecule has 1 amide bonds. The number of fused-ring (bicyclic) bond motifs is 1. The zero-order valence-electron chi connectivity index (χ0n) is 15.2. The van der Waals surface area contributed by atoms with Crippen LogP contribution < -0.4 is 14.8 Å². The molecular weight excluding hydrogens is 400 g/mol. The Morgan fingerprint density at radius 1 is 1.21 bits per heavy atom. The molecule has 28 heavy (non-hydrogen) atoms. The molecule has 3 heterocycles. The molecule has 1 saturated heterocycles. The predicted octanol–water partition coefficient (Wildman–Crippen LogP) is 2.10. The first-order valence-corrected chi connectivity index (χ1v) is 11.6. The number of piperidine rings is 1. The van der Waals surface area contributed by atoms with Gasteiger partial charge < -0.3 is 14.8 Å². The van der Waals surface area contributed by atoms with E-state index in [1.54, 1.807) is 17.5 Å². The van der Waals surface area contributed by atoms with Crippen molar-refractivity contribution in [1.29, 1.82) is 0 Å². The second-order valence-electron chi connectivity index (χ2n) is 6.88. The summed E-state index contributed by atoms with van der Waals surface area (Å²) in [6.45, 7) is 1.33. The van der Waals surface area contributed by atoms with E-state index in [1.807, 2.05) is 24.3 Å². The van der Waals surface area contributed by atoms with E-state index in [-0.39, 0.29) is 24.5 Å². The van der Waals surface area contributed by atoms with Crippen molar-refractivity contribution >= 4 is 27.3 Å². The van der Waals surface area contributed by atoms with Gasteiger partial charge in [0.2, 0.25) is 5.91 Å². The van der Waals surface area contributed by atoms with Crippen molar-refractivity contribution in [2.75, 3.05) is 26.2 Å². The number of para-hydroxylation sites is 2. The Morgan fingerprint density at radius 2 is 2.04 bits per heavy atom. The summed E-state index contributed by atoms with van der Waals surface area (Å²) >= 11 is 1.20. The number of ether oxygens (including phenoxy) is 2. The van der Waals surface area contributed by atoms with Gasteiger partial charge in [0.25, 0.3) is 10.0 Å². The second-order valence-corrected chi connectivity index (χ2v) is 9.99. The predicted molar refractivity (Wildman–Crippen MR) is 105 cm³/mol. The molecule has 2 aliphatic heterocycles. The average molecular weight is 423 g/mol. The van der Waals surface area contributed by atoms with Crippen molar-refractivity contribution in [3.8, 4) is 11.5 Å². The number of hydrogen-bond acceptors (Lipinski definition) is 6. The molecule has 0 bridgehead atoms. The molecule has 1 aromatic carbocycles. The number of hydrogen-bond donors (Lipinski definition) is 1. The lowest BCUT2D eigenvalue weighted by Crippen LogP contribution is -2.48. The third kappa shape index (κ3) is 4.01. The van der Waals surface area contributed by atoms with Crippen molar-refractivity contribution < 1.29 is 22.7 Å². The fraction of sp³-hybridized carbons (Fsp3) is 0.421. The molecule has 9 heteroatoms. The van der Waals surface area contributed by atoms with E-state index in [2.05, 4.69) is 5.32 Å². The molecule has 0 unspecified atom stereocenters. The van der Waals surface area contributed by atoms with E-state index in [0.717, 1.165) is 0 Å². The van der Waals surface area contributed by atoms with Crippen LogP contribution in [0.4, 0.5) is 0 Å². The number of nitrogens with one attached hydrogen (secondary N) is 1. The number of amides is 1. The van der Waals surface area contributed by atoms with Crippen LogP contribution in [-0.2, 0) is 14.8 Å². The summed E-state index contributed by atoms with van der Waals surface area (Å²) in [5.41, 5.74) is 0. The smallest absolute Gasteiger partial charge is 0.252 e. The number of carbonyl (C=O) groups excluding carboxylic acids is 1. The Kier molecular flexibility index (Phi) is 5.56. The van der Waals surface area contributed by atoms with Gasteiger partial charge in [-0.2, -0.15) is 4.31 Å². The van der Waals surface area contributed by atoms with Gasteiger partial charge in [0.05, 0.1) is 12.5 Å². The van der Waals surface area contributed by atoms with Gasteiger partial charge in [-0.1, -0.05) is 18.2 Å². The van der Waals surface area contributed by atoms with E-state index in [0.29, 0.717) is 48.2 Å². The molecule has 1 aromatic heterocycles. The number of nitrogens with zero attached hydrogens (tertiary/aromatic N) is 1. The first-order chi connectivity index (χ1) is 13.5. The van der Waals surface area contributed by atoms with Crippen LogP contribution in [0.3, 0.4) is 0 Å². The third-order valence-electron chi connectivity index (χ3n) is 4.92. The van der Waals surface area contributed by atoms with Crippen LogP contribution in [0.5, 0.6) is 11.5 Å². The molecule has 0 spiro atoms. The number of benzene rings is 1. The highest BCUT2D eigenvalue weighted by Crippen LogP contribution is 2.31. The Balaban J connectivity index is 1.33. The summed E-state index contributed by atoms with van der Waals surface area (Å²) in [5, 5.41) is 4.64. The Hall–Kier alpha value is -2.10. The van der Waals surface area contributed by atoms with E-state index in [1.165, 1.54) is 15.6 Å². The van der Waals surface area contributed by atoms with Gasteiger partial charge >= 0.3 is 0 Å². The molecule has 2 atom stereocenters. The van der Waals surface area contributed by atoms with Crippen LogP contribution in [0.15, 0.2) is 46.0 Å². The zero-order valence-corrected chi connectivity index (χ0v) is 16.9. The summed E-state index contributed by atoms with van der Waals surface area (Å²) in [4.78, 5) is 12.6. The topological polar surface area (TPSA) is 84.9 Å². The van der Waals surface area contributed by atoms with Crippen molar-refractivity contribution in [2.24, 2.45) is 5.92 Å². The quantitative estimate of drug-likeness (QED) is 0.798. The highest BCUT2D eigenvalue weighted by molar-refractivity contribution is 7.91. The van der Waals surface area contributed by atoms with Gasteiger partial charge in [0, 0.05) is 13.1 Å². The van der Waals surface area contributed by atoms with Crippen LogP contribution in [0.25, 0.3) is 0 Å². The van der Waals surface area contributed by atoms with Crippen LogP contribution >= 0.6 is 11.3 Å². The molecule has 2 aliphatic rings. The third-order valence-corrected chi connectivity index (χ3v) is 8.15. The summed E-state index contributed by atoms with van der Waals surface area (Å²) in [6.07, 6.45) is 1.07. The highest BCUT2D eigenvalue weighted by Gasteiger charge is 2.34. The maximum atomic E-state index is 12.7. The molecule has 7 nitrogen and oxygen atoms in total. The van der Waals surface area contributed by atoms with Crippen molar-refractivity contribution in [2.45, 2.75) is 23.2 Å². The molecule has 2 aromatic rings. The summed E-state index contributed by atoms with van der Waals surface area (Å²) < 4.78 is 38.7. The van der Waals surface area contributed by atoms with Gasteiger partial charge in [-0.15, -0.1) is 11.3 Å². The maximum Gasteiger partial charge on any atom is 0.252 e.